The molecular weight excluding hydrogens is 168 g/mol. The molecular formula is C10H18OS. The third kappa shape index (κ3) is 3.10. The molecule has 1 saturated heterocycles. The Kier molecular flexibility index (Phi) is 4.59. The summed E-state index contributed by atoms with van der Waals surface area (Å²) < 4.78 is 5.39. The van der Waals surface area contributed by atoms with Crippen molar-refractivity contribution in [3.8, 4) is 0 Å². The Morgan fingerprint density at radius 3 is 3.17 bits per heavy atom. The van der Waals surface area contributed by atoms with Crippen LogP contribution in [0.25, 0.3) is 0 Å². The topological polar surface area (TPSA) is 9.23 Å². The first-order valence-electron chi connectivity index (χ1n) is 4.68. The van der Waals surface area contributed by atoms with Crippen LogP contribution < -0.4 is 0 Å². The van der Waals surface area contributed by atoms with E-state index in [1.54, 1.807) is 6.26 Å². The summed E-state index contributed by atoms with van der Waals surface area (Å²) in [6.45, 7) is 5.74. The zero-order valence-corrected chi connectivity index (χ0v) is 8.61. The zero-order valence-electron chi connectivity index (χ0n) is 7.79. The minimum Gasteiger partial charge on any atom is -0.499 e. The molecule has 0 aliphatic carbocycles. The molecule has 0 saturated carbocycles. The van der Waals surface area contributed by atoms with Crippen LogP contribution in [-0.4, -0.2) is 17.6 Å². The van der Waals surface area contributed by atoms with Gasteiger partial charge in [0.1, 0.15) is 0 Å². The molecule has 70 valence electrons. The van der Waals surface area contributed by atoms with Crippen molar-refractivity contribution in [2.24, 2.45) is 5.92 Å². The van der Waals surface area contributed by atoms with Gasteiger partial charge in [-0.3, -0.25) is 0 Å². The lowest BCUT2D eigenvalue weighted by molar-refractivity contribution is 0.108. The van der Waals surface area contributed by atoms with E-state index in [1.165, 1.54) is 30.8 Å². The molecule has 12 heavy (non-hydrogen) atoms. The van der Waals surface area contributed by atoms with E-state index in [2.05, 4.69) is 25.3 Å². The van der Waals surface area contributed by atoms with Gasteiger partial charge in [0.2, 0.25) is 0 Å². The summed E-state index contributed by atoms with van der Waals surface area (Å²) in [6.07, 6.45) is 5.99. The first kappa shape index (κ1) is 9.97. The van der Waals surface area contributed by atoms with E-state index in [4.69, 9.17) is 4.74 Å². The van der Waals surface area contributed by atoms with Crippen molar-refractivity contribution in [2.75, 3.05) is 11.5 Å². The van der Waals surface area contributed by atoms with Gasteiger partial charge < -0.3 is 4.74 Å². The molecule has 0 N–H and O–H groups in total. The fourth-order valence-corrected chi connectivity index (χ4v) is 2.88. The fraction of sp³-hybridized carbons (Fsp3) is 0.800. The van der Waals surface area contributed by atoms with Gasteiger partial charge in [0.05, 0.1) is 12.4 Å². The van der Waals surface area contributed by atoms with Crippen molar-refractivity contribution in [1.29, 1.82) is 0 Å². The molecule has 1 aliphatic heterocycles. The largest absolute Gasteiger partial charge is 0.499 e. The maximum Gasteiger partial charge on any atom is 0.0985 e. The molecule has 1 fully saturated rings. The number of rotatable bonds is 3. The number of thioether (sulfide) groups is 1. The maximum absolute atomic E-state index is 5.39. The number of ether oxygens (including phenoxy) is 1. The lowest BCUT2D eigenvalue weighted by atomic mass is 9.99. The quantitative estimate of drug-likeness (QED) is 0.626. The highest BCUT2D eigenvalue weighted by Gasteiger charge is 2.19. The molecule has 1 nitrogen and oxygen atoms in total. The highest BCUT2D eigenvalue weighted by molar-refractivity contribution is 7.99. The molecule has 0 spiro atoms. The van der Waals surface area contributed by atoms with Crippen LogP contribution in [-0.2, 0) is 4.74 Å². The van der Waals surface area contributed by atoms with Crippen LogP contribution in [0.2, 0.25) is 0 Å². The van der Waals surface area contributed by atoms with Crippen LogP contribution in [0.5, 0.6) is 0 Å². The lowest BCUT2D eigenvalue weighted by Gasteiger charge is -2.20. The highest BCUT2D eigenvalue weighted by Crippen LogP contribution is 2.25. The summed E-state index contributed by atoms with van der Waals surface area (Å²) in [5, 5.41) is 0. The second-order valence-corrected chi connectivity index (χ2v) is 4.49. The lowest BCUT2D eigenvalue weighted by Crippen LogP contribution is -2.20. The third-order valence-corrected chi connectivity index (χ3v) is 3.66. The van der Waals surface area contributed by atoms with Crippen molar-refractivity contribution < 1.29 is 4.74 Å². The number of hydrogen-bond acceptors (Lipinski definition) is 2. The van der Waals surface area contributed by atoms with Crippen LogP contribution in [0.4, 0.5) is 0 Å². The van der Waals surface area contributed by atoms with Gasteiger partial charge in [-0.1, -0.05) is 13.0 Å². The predicted molar refractivity (Wildman–Crippen MR) is 55.4 cm³/mol. The van der Waals surface area contributed by atoms with Crippen LogP contribution in [0.15, 0.2) is 12.8 Å². The van der Waals surface area contributed by atoms with E-state index >= 15 is 0 Å². The summed E-state index contributed by atoms with van der Waals surface area (Å²) in [5.41, 5.74) is 0. The van der Waals surface area contributed by atoms with Crippen LogP contribution >= 0.6 is 11.8 Å². The van der Waals surface area contributed by atoms with Gasteiger partial charge in [-0.05, 0) is 31.3 Å². The smallest absolute Gasteiger partial charge is 0.0985 e. The minimum absolute atomic E-state index is 0.355. The van der Waals surface area contributed by atoms with Crippen molar-refractivity contribution in [3.05, 3.63) is 12.8 Å². The fourth-order valence-electron chi connectivity index (χ4n) is 1.56. The van der Waals surface area contributed by atoms with Crippen molar-refractivity contribution in [2.45, 2.75) is 32.3 Å². The van der Waals surface area contributed by atoms with Gasteiger partial charge >= 0.3 is 0 Å². The molecule has 1 aliphatic rings. The molecule has 0 aromatic heterocycles. The molecule has 2 unspecified atom stereocenters. The Morgan fingerprint density at radius 2 is 2.42 bits per heavy atom. The van der Waals surface area contributed by atoms with E-state index in [0.717, 1.165) is 5.92 Å². The number of hydrogen-bond donors (Lipinski definition) is 0. The molecule has 1 heterocycles. The zero-order chi connectivity index (χ0) is 8.81. The summed E-state index contributed by atoms with van der Waals surface area (Å²) in [4.78, 5) is 0. The van der Waals surface area contributed by atoms with Crippen LogP contribution in [0, 0.1) is 5.92 Å². The van der Waals surface area contributed by atoms with E-state index in [-0.39, 0.29) is 0 Å². The van der Waals surface area contributed by atoms with Gasteiger partial charge in [-0.2, -0.15) is 11.8 Å². The van der Waals surface area contributed by atoms with E-state index in [1.807, 2.05) is 0 Å². The Labute approximate surface area is 79.6 Å². The highest BCUT2D eigenvalue weighted by atomic mass is 32.2. The van der Waals surface area contributed by atoms with Crippen molar-refractivity contribution in [1.82, 2.24) is 0 Å². The second kappa shape index (κ2) is 5.52. The van der Waals surface area contributed by atoms with Gasteiger partial charge in [0.25, 0.3) is 0 Å². The first-order chi connectivity index (χ1) is 5.84. The molecule has 2 atom stereocenters. The standard InChI is InChI=1S/C10H18OS/c1-3-11-9(2)10-6-4-5-7-12-8-10/h3,9-10H,1,4-8H2,2H3. The van der Waals surface area contributed by atoms with Crippen LogP contribution in [0.3, 0.4) is 0 Å². The normalized spacial score (nSPS) is 27.2. The van der Waals surface area contributed by atoms with Crippen molar-refractivity contribution >= 4 is 11.8 Å². The van der Waals surface area contributed by atoms with E-state index in [9.17, 15) is 0 Å². The molecule has 0 bridgehead atoms. The summed E-state index contributed by atoms with van der Waals surface area (Å²) in [7, 11) is 0. The SMILES string of the molecule is C=COC(C)C1CCCCSC1. The Balaban J connectivity index is 2.31. The Hall–Kier alpha value is -0.110. The van der Waals surface area contributed by atoms with Gasteiger partial charge in [-0.15, -0.1) is 0 Å². The molecule has 0 aromatic carbocycles. The average Bonchev–Trinajstić information content (AvgIpc) is 2.32. The second-order valence-electron chi connectivity index (χ2n) is 3.34. The predicted octanol–water partition coefficient (Wildman–Crippen LogP) is 3.07. The Bertz CT molecular complexity index is 128. The van der Waals surface area contributed by atoms with Crippen LogP contribution in [0.1, 0.15) is 26.2 Å². The van der Waals surface area contributed by atoms with Gasteiger partial charge in [-0.25, -0.2) is 0 Å². The molecule has 0 radical (unpaired) electrons. The monoisotopic (exact) mass is 186 g/mol. The summed E-state index contributed by atoms with van der Waals surface area (Å²) in [5.74, 6) is 3.32. The maximum atomic E-state index is 5.39. The Morgan fingerprint density at radius 1 is 1.58 bits per heavy atom. The third-order valence-electron chi connectivity index (χ3n) is 2.42. The van der Waals surface area contributed by atoms with E-state index in [0.29, 0.717) is 6.10 Å². The molecule has 0 aromatic rings. The first-order valence-corrected chi connectivity index (χ1v) is 5.84. The van der Waals surface area contributed by atoms with E-state index < -0.39 is 0 Å². The van der Waals surface area contributed by atoms with Gasteiger partial charge in [0, 0.05) is 5.92 Å². The molecule has 1 rings (SSSR count). The van der Waals surface area contributed by atoms with Crippen molar-refractivity contribution in [3.63, 3.8) is 0 Å². The average molecular weight is 186 g/mol. The summed E-state index contributed by atoms with van der Waals surface area (Å²) >= 11 is 2.06. The molecule has 2 heteroatoms. The minimum atomic E-state index is 0.355. The molecule has 0 amide bonds. The summed E-state index contributed by atoms with van der Waals surface area (Å²) in [6, 6.07) is 0. The van der Waals surface area contributed by atoms with Gasteiger partial charge in [0.15, 0.2) is 0 Å².